The highest BCUT2D eigenvalue weighted by Crippen LogP contribution is 2.28. The summed E-state index contributed by atoms with van der Waals surface area (Å²) in [5, 5.41) is 4.94. The number of carbonyl (C=O) groups is 2. The standard InChI is InChI=1S/C14H18F3N3O2/c15-14(16,17)11-5-3-10(4-6-11)13(22)20-9-12(21)19-8-2-1-7-18/h3-6H,1-2,7-9,18H2,(H,19,21)(H,20,22). The van der Waals surface area contributed by atoms with Crippen molar-refractivity contribution in [3.8, 4) is 0 Å². The molecule has 0 aliphatic carbocycles. The number of rotatable bonds is 7. The molecule has 0 fully saturated rings. The summed E-state index contributed by atoms with van der Waals surface area (Å²) in [5.41, 5.74) is 4.53. The molecule has 122 valence electrons. The van der Waals surface area contributed by atoms with Crippen molar-refractivity contribution in [1.29, 1.82) is 0 Å². The third kappa shape index (κ3) is 6.13. The highest BCUT2D eigenvalue weighted by molar-refractivity contribution is 5.96. The Morgan fingerprint density at radius 1 is 1.05 bits per heavy atom. The van der Waals surface area contributed by atoms with Crippen LogP contribution in [0.25, 0.3) is 0 Å². The van der Waals surface area contributed by atoms with Gasteiger partial charge < -0.3 is 16.4 Å². The second-order valence-electron chi connectivity index (χ2n) is 4.60. The molecule has 0 aliphatic rings. The second kappa shape index (κ2) is 8.38. The van der Waals surface area contributed by atoms with Crippen molar-refractivity contribution >= 4 is 11.8 Å². The lowest BCUT2D eigenvalue weighted by molar-refractivity contribution is -0.137. The molecule has 0 saturated heterocycles. The highest BCUT2D eigenvalue weighted by atomic mass is 19.4. The van der Waals surface area contributed by atoms with Gasteiger partial charge in [0.2, 0.25) is 5.91 Å². The molecule has 0 spiro atoms. The molecule has 1 rings (SSSR count). The Kier molecular flexibility index (Phi) is 6.84. The fourth-order valence-corrected chi connectivity index (χ4v) is 1.63. The third-order valence-corrected chi connectivity index (χ3v) is 2.84. The molecular formula is C14H18F3N3O2. The highest BCUT2D eigenvalue weighted by Gasteiger charge is 2.30. The van der Waals surface area contributed by atoms with Gasteiger partial charge in [-0.25, -0.2) is 0 Å². The van der Waals surface area contributed by atoms with Gasteiger partial charge >= 0.3 is 6.18 Å². The SMILES string of the molecule is NCCCCNC(=O)CNC(=O)c1ccc(C(F)(F)F)cc1. The molecule has 0 bridgehead atoms. The van der Waals surface area contributed by atoms with Gasteiger partial charge in [-0.2, -0.15) is 13.2 Å². The lowest BCUT2D eigenvalue weighted by atomic mass is 10.1. The summed E-state index contributed by atoms with van der Waals surface area (Å²) in [6, 6.07) is 3.78. The first kappa shape index (κ1) is 18.0. The van der Waals surface area contributed by atoms with Gasteiger partial charge in [0, 0.05) is 12.1 Å². The lowest BCUT2D eigenvalue weighted by Gasteiger charge is -2.08. The molecule has 0 atom stereocenters. The topological polar surface area (TPSA) is 84.2 Å². The summed E-state index contributed by atoms with van der Waals surface area (Å²) < 4.78 is 37.2. The molecule has 22 heavy (non-hydrogen) atoms. The summed E-state index contributed by atoms with van der Waals surface area (Å²) in [4.78, 5) is 23.1. The average Bonchev–Trinajstić information content (AvgIpc) is 2.48. The number of carbonyl (C=O) groups excluding carboxylic acids is 2. The zero-order valence-corrected chi connectivity index (χ0v) is 11.9. The number of benzene rings is 1. The van der Waals surface area contributed by atoms with E-state index < -0.39 is 17.6 Å². The van der Waals surface area contributed by atoms with Crippen LogP contribution in [0, 0.1) is 0 Å². The largest absolute Gasteiger partial charge is 0.416 e. The zero-order valence-electron chi connectivity index (χ0n) is 11.9. The van der Waals surface area contributed by atoms with E-state index in [1.165, 1.54) is 0 Å². The minimum atomic E-state index is -4.45. The number of alkyl halides is 3. The predicted molar refractivity (Wildman–Crippen MR) is 75.1 cm³/mol. The van der Waals surface area contributed by atoms with E-state index in [1.54, 1.807) is 0 Å². The minimum Gasteiger partial charge on any atom is -0.355 e. The quantitative estimate of drug-likeness (QED) is 0.663. The van der Waals surface area contributed by atoms with Crippen LogP contribution in [-0.4, -0.2) is 31.4 Å². The molecule has 2 amide bonds. The van der Waals surface area contributed by atoms with E-state index in [1.807, 2.05) is 0 Å². The molecule has 0 unspecified atom stereocenters. The lowest BCUT2D eigenvalue weighted by Crippen LogP contribution is -2.37. The molecule has 0 aliphatic heterocycles. The van der Waals surface area contributed by atoms with Gasteiger partial charge in [-0.15, -0.1) is 0 Å². The van der Waals surface area contributed by atoms with E-state index in [9.17, 15) is 22.8 Å². The Labute approximate surface area is 126 Å². The summed E-state index contributed by atoms with van der Waals surface area (Å²) in [7, 11) is 0. The van der Waals surface area contributed by atoms with Crippen LogP contribution in [0.1, 0.15) is 28.8 Å². The Balaban J connectivity index is 2.40. The smallest absolute Gasteiger partial charge is 0.355 e. The average molecular weight is 317 g/mol. The molecular weight excluding hydrogens is 299 g/mol. The molecule has 0 heterocycles. The Morgan fingerprint density at radius 3 is 2.23 bits per heavy atom. The molecule has 8 heteroatoms. The molecule has 0 radical (unpaired) electrons. The van der Waals surface area contributed by atoms with Crippen LogP contribution in [0.15, 0.2) is 24.3 Å². The maximum atomic E-state index is 12.4. The minimum absolute atomic E-state index is 0.0592. The van der Waals surface area contributed by atoms with Crippen LogP contribution in [0.3, 0.4) is 0 Å². The third-order valence-electron chi connectivity index (χ3n) is 2.84. The van der Waals surface area contributed by atoms with Crippen LogP contribution >= 0.6 is 0 Å². The first-order chi connectivity index (χ1) is 10.3. The Hall–Kier alpha value is -2.09. The number of nitrogens with one attached hydrogen (secondary N) is 2. The molecule has 4 N–H and O–H groups in total. The molecule has 5 nitrogen and oxygen atoms in total. The monoisotopic (exact) mass is 317 g/mol. The maximum Gasteiger partial charge on any atom is 0.416 e. The predicted octanol–water partition coefficient (Wildman–Crippen LogP) is 1.29. The molecule has 1 aromatic rings. The van der Waals surface area contributed by atoms with Gasteiger partial charge in [-0.1, -0.05) is 0 Å². The second-order valence-corrected chi connectivity index (χ2v) is 4.60. The first-order valence-electron chi connectivity index (χ1n) is 6.77. The van der Waals surface area contributed by atoms with Crippen LogP contribution in [0.4, 0.5) is 13.2 Å². The van der Waals surface area contributed by atoms with Crippen molar-refractivity contribution in [3.05, 3.63) is 35.4 Å². The van der Waals surface area contributed by atoms with E-state index >= 15 is 0 Å². The fourth-order valence-electron chi connectivity index (χ4n) is 1.63. The summed E-state index contributed by atoms with van der Waals surface area (Å²) in [6.45, 7) is 0.773. The number of amides is 2. The van der Waals surface area contributed by atoms with Gasteiger partial charge in [0.15, 0.2) is 0 Å². The van der Waals surface area contributed by atoms with E-state index in [4.69, 9.17) is 5.73 Å². The van der Waals surface area contributed by atoms with Crippen molar-refractivity contribution < 1.29 is 22.8 Å². The van der Waals surface area contributed by atoms with Crippen LogP contribution in [0.2, 0.25) is 0 Å². The Morgan fingerprint density at radius 2 is 1.68 bits per heavy atom. The number of halogens is 3. The number of nitrogens with two attached hydrogens (primary N) is 1. The molecule has 1 aromatic carbocycles. The van der Waals surface area contributed by atoms with E-state index in [0.717, 1.165) is 37.1 Å². The van der Waals surface area contributed by atoms with E-state index in [-0.39, 0.29) is 18.0 Å². The Bertz CT molecular complexity index is 501. The molecule has 0 aromatic heterocycles. The number of hydrogen-bond acceptors (Lipinski definition) is 3. The van der Waals surface area contributed by atoms with Crippen LogP contribution < -0.4 is 16.4 Å². The maximum absolute atomic E-state index is 12.4. The normalized spacial score (nSPS) is 11.1. The van der Waals surface area contributed by atoms with Gasteiger partial charge in [-0.3, -0.25) is 9.59 Å². The summed E-state index contributed by atoms with van der Waals surface area (Å²) in [6.07, 6.45) is -2.91. The van der Waals surface area contributed by atoms with Crippen molar-refractivity contribution in [2.45, 2.75) is 19.0 Å². The van der Waals surface area contributed by atoms with Crippen LogP contribution in [-0.2, 0) is 11.0 Å². The fraction of sp³-hybridized carbons (Fsp3) is 0.429. The van der Waals surface area contributed by atoms with Crippen molar-refractivity contribution in [2.75, 3.05) is 19.6 Å². The van der Waals surface area contributed by atoms with Crippen molar-refractivity contribution in [1.82, 2.24) is 10.6 Å². The van der Waals surface area contributed by atoms with Gasteiger partial charge in [0.1, 0.15) is 0 Å². The summed E-state index contributed by atoms with van der Waals surface area (Å²) in [5.74, 6) is -0.969. The zero-order chi connectivity index (χ0) is 16.6. The summed E-state index contributed by atoms with van der Waals surface area (Å²) >= 11 is 0. The van der Waals surface area contributed by atoms with Gasteiger partial charge in [0.05, 0.1) is 12.1 Å². The van der Waals surface area contributed by atoms with Gasteiger partial charge in [-0.05, 0) is 43.7 Å². The number of unbranched alkanes of at least 4 members (excludes halogenated alkanes) is 1. The van der Waals surface area contributed by atoms with Crippen molar-refractivity contribution in [2.24, 2.45) is 5.73 Å². The van der Waals surface area contributed by atoms with E-state index in [2.05, 4.69) is 10.6 Å². The number of hydrogen-bond donors (Lipinski definition) is 3. The first-order valence-corrected chi connectivity index (χ1v) is 6.77. The van der Waals surface area contributed by atoms with E-state index in [0.29, 0.717) is 13.1 Å². The van der Waals surface area contributed by atoms with Crippen molar-refractivity contribution in [3.63, 3.8) is 0 Å². The molecule has 0 saturated carbocycles. The van der Waals surface area contributed by atoms with Gasteiger partial charge in [0.25, 0.3) is 5.91 Å². The van der Waals surface area contributed by atoms with Crippen LogP contribution in [0.5, 0.6) is 0 Å².